The molecule has 0 atom stereocenters. The lowest BCUT2D eigenvalue weighted by molar-refractivity contribution is 0.0741. The van der Waals surface area contributed by atoms with E-state index in [1.54, 1.807) is 35.2 Å². The Kier molecular flexibility index (Phi) is 5.74. The van der Waals surface area contributed by atoms with Crippen molar-refractivity contribution in [2.24, 2.45) is 0 Å². The highest BCUT2D eigenvalue weighted by atomic mass is 19.1. The van der Waals surface area contributed by atoms with Gasteiger partial charge >= 0.3 is 5.69 Å². The predicted molar refractivity (Wildman–Crippen MR) is 136 cm³/mol. The minimum Gasteiger partial charge on any atom is -0.354 e. The van der Waals surface area contributed by atoms with Crippen LogP contribution < -0.4 is 16.1 Å². The first kappa shape index (κ1) is 23.6. The number of benzene rings is 3. The lowest BCUT2D eigenvalue weighted by Crippen LogP contribution is -2.49. The van der Waals surface area contributed by atoms with Gasteiger partial charge in [-0.05, 0) is 42.0 Å². The molecular formula is C27H21F2N5O4. The number of amides is 1. The molecule has 1 amide bonds. The van der Waals surface area contributed by atoms with Crippen molar-refractivity contribution in [2.75, 3.05) is 31.1 Å². The summed E-state index contributed by atoms with van der Waals surface area (Å²) in [6, 6.07) is 15.1. The van der Waals surface area contributed by atoms with Crippen LogP contribution in [0.4, 0.5) is 14.6 Å². The van der Waals surface area contributed by atoms with Gasteiger partial charge in [0.15, 0.2) is 11.4 Å². The van der Waals surface area contributed by atoms with Crippen LogP contribution in [-0.4, -0.2) is 51.7 Å². The number of nitrogens with zero attached hydrogens (tertiary/aromatic N) is 4. The van der Waals surface area contributed by atoms with E-state index in [0.717, 1.165) is 0 Å². The molecule has 1 N–H and O–H groups in total. The molecule has 0 radical (unpaired) electrons. The molecule has 0 saturated carbocycles. The second kappa shape index (κ2) is 9.25. The first-order valence-electron chi connectivity index (χ1n) is 12.0. The number of H-pyrrole nitrogens is 1. The molecule has 1 fully saturated rings. The summed E-state index contributed by atoms with van der Waals surface area (Å²) < 4.78 is 34.9. The van der Waals surface area contributed by atoms with Crippen molar-refractivity contribution in [3.8, 4) is 0 Å². The van der Waals surface area contributed by atoms with Crippen molar-refractivity contribution in [1.29, 1.82) is 0 Å². The Labute approximate surface area is 213 Å². The Bertz CT molecular complexity index is 1820. The molecule has 0 unspecified atom stereocenters. The molecule has 0 aliphatic carbocycles. The number of aromatic amines is 1. The van der Waals surface area contributed by atoms with Gasteiger partial charge in [-0.3, -0.25) is 19.1 Å². The van der Waals surface area contributed by atoms with Crippen molar-refractivity contribution in [3.63, 3.8) is 0 Å². The summed E-state index contributed by atoms with van der Waals surface area (Å²) in [6.45, 7) is 1.56. The highest BCUT2D eigenvalue weighted by Gasteiger charge is 2.27. The predicted octanol–water partition coefficient (Wildman–Crippen LogP) is 3.12. The summed E-state index contributed by atoms with van der Waals surface area (Å²) >= 11 is 0. The number of hydrogen-bond acceptors (Lipinski definition) is 6. The van der Waals surface area contributed by atoms with Crippen molar-refractivity contribution in [3.05, 3.63) is 104 Å². The van der Waals surface area contributed by atoms with E-state index < -0.39 is 28.8 Å². The van der Waals surface area contributed by atoms with Crippen LogP contribution in [0.5, 0.6) is 0 Å². The van der Waals surface area contributed by atoms with E-state index in [9.17, 15) is 23.2 Å². The zero-order valence-electron chi connectivity index (χ0n) is 20.0. The molecule has 1 saturated heterocycles. The molecule has 3 heterocycles. The van der Waals surface area contributed by atoms with Crippen molar-refractivity contribution < 1.29 is 18.1 Å². The number of hydrogen-bond donors (Lipinski definition) is 1. The number of piperazine rings is 1. The standard InChI is InChI=1S/C27H21F2N5O4/c28-17-6-7-19-23(14-17)38-31-24(19)32-9-11-33(12-10-32)26(36)20-13-16(5-8-21(20)29)15-34-22-4-2-1-3-18(22)25(35)30-27(34)37/h1-8,13-14H,9-12,15H2,(H,30,35,37). The average Bonchev–Trinajstić information content (AvgIpc) is 3.34. The van der Waals surface area contributed by atoms with Gasteiger partial charge in [0.1, 0.15) is 11.6 Å². The van der Waals surface area contributed by atoms with Crippen LogP contribution in [0.3, 0.4) is 0 Å². The number of carbonyl (C=O) groups excluding carboxylic acids is 1. The van der Waals surface area contributed by atoms with Crippen LogP contribution in [0.15, 0.2) is 74.8 Å². The quantitative estimate of drug-likeness (QED) is 0.393. The molecule has 9 nitrogen and oxygen atoms in total. The van der Waals surface area contributed by atoms with Crippen molar-refractivity contribution in [1.82, 2.24) is 19.6 Å². The Morgan fingerprint density at radius 2 is 1.74 bits per heavy atom. The minimum atomic E-state index is -0.663. The largest absolute Gasteiger partial charge is 0.354 e. The van der Waals surface area contributed by atoms with Gasteiger partial charge in [0.05, 0.1) is 28.4 Å². The van der Waals surface area contributed by atoms with Gasteiger partial charge in [-0.25, -0.2) is 13.6 Å². The molecule has 192 valence electrons. The first-order valence-corrected chi connectivity index (χ1v) is 12.0. The molecule has 0 spiro atoms. The van der Waals surface area contributed by atoms with Gasteiger partial charge in [-0.1, -0.05) is 23.4 Å². The molecule has 0 bridgehead atoms. The number of fused-ring (bicyclic) bond motifs is 2. The highest BCUT2D eigenvalue weighted by Crippen LogP contribution is 2.28. The smallest absolute Gasteiger partial charge is 0.329 e. The maximum absolute atomic E-state index is 14.8. The number of carbonyl (C=O) groups is 1. The summed E-state index contributed by atoms with van der Waals surface area (Å²) in [7, 11) is 0. The van der Waals surface area contributed by atoms with E-state index in [-0.39, 0.29) is 12.1 Å². The molecule has 1 aliphatic rings. The van der Waals surface area contributed by atoms with Gasteiger partial charge in [0.2, 0.25) is 0 Å². The minimum absolute atomic E-state index is 0.0459. The molecule has 1 aliphatic heterocycles. The zero-order valence-corrected chi connectivity index (χ0v) is 20.0. The second-order valence-corrected chi connectivity index (χ2v) is 9.10. The molecule has 6 rings (SSSR count). The normalized spacial score (nSPS) is 13.9. The van der Waals surface area contributed by atoms with Crippen LogP contribution in [0.25, 0.3) is 21.9 Å². The molecule has 2 aromatic heterocycles. The molecule has 5 aromatic rings. The number of halogens is 2. The first-order chi connectivity index (χ1) is 18.4. The van der Waals surface area contributed by atoms with Crippen LogP contribution in [0, 0.1) is 11.6 Å². The summed E-state index contributed by atoms with van der Waals surface area (Å²) in [6.07, 6.45) is 0. The Morgan fingerprint density at radius 3 is 2.55 bits per heavy atom. The molecule has 38 heavy (non-hydrogen) atoms. The average molecular weight is 517 g/mol. The third-order valence-electron chi connectivity index (χ3n) is 6.79. The number of para-hydroxylation sites is 1. The van der Waals surface area contributed by atoms with Gasteiger partial charge in [0, 0.05) is 32.2 Å². The Morgan fingerprint density at radius 1 is 0.947 bits per heavy atom. The number of aromatic nitrogens is 3. The van der Waals surface area contributed by atoms with Crippen LogP contribution >= 0.6 is 0 Å². The van der Waals surface area contributed by atoms with E-state index in [4.69, 9.17) is 4.52 Å². The molecular weight excluding hydrogens is 496 g/mol. The van der Waals surface area contributed by atoms with E-state index >= 15 is 0 Å². The number of anilines is 1. The fraction of sp³-hybridized carbons (Fsp3) is 0.185. The van der Waals surface area contributed by atoms with E-state index in [1.807, 2.05) is 4.90 Å². The Balaban J connectivity index is 1.22. The summed E-state index contributed by atoms with van der Waals surface area (Å²) in [5, 5.41) is 5.09. The fourth-order valence-electron chi connectivity index (χ4n) is 4.83. The number of nitrogens with one attached hydrogen (secondary N) is 1. The Hall–Kier alpha value is -4.80. The highest BCUT2D eigenvalue weighted by molar-refractivity contribution is 5.95. The van der Waals surface area contributed by atoms with Gasteiger partial charge in [-0.2, -0.15) is 0 Å². The van der Waals surface area contributed by atoms with Gasteiger partial charge < -0.3 is 14.3 Å². The SMILES string of the molecule is O=C(c1cc(Cn2c(=O)[nH]c(=O)c3ccccc32)ccc1F)N1CCN(c2noc3cc(F)ccc23)CC1. The fourth-order valence-corrected chi connectivity index (χ4v) is 4.83. The van der Waals surface area contributed by atoms with E-state index in [1.165, 1.54) is 34.9 Å². The van der Waals surface area contributed by atoms with Crippen LogP contribution in [0.2, 0.25) is 0 Å². The topological polar surface area (TPSA) is 104 Å². The second-order valence-electron chi connectivity index (χ2n) is 9.10. The van der Waals surface area contributed by atoms with E-state index in [2.05, 4.69) is 10.1 Å². The monoisotopic (exact) mass is 517 g/mol. The van der Waals surface area contributed by atoms with Crippen LogP contribution in [-0.2, 0) is 6.54 Å². The maximum Gasteiger partial charge on any atom is 0.329 e. The van der Waals surface area contributed by atoms with Gasteiger partial charge in [0.25, 0.3) is 11.5 Å². The summed E-state index contributed by atoms with van der Waals surface area (Å²) in [5.74, 6) is -0.975. The lowest BCUT2D eigenvalue weighted by Gasteiger charge is -2.34. The number of rotatable bonds is 4. The zero-order chi connectivity index (χ0) is 26.4. The third kappa shape index (κ3) is 4.11. The van der Waals surface area contributed by atoms with Crippen molar-refractivity contribution >= 4 is 33.6 Å². The maximum atomic E-state index is 14.8. The third-order valence-corrected chi connectivity index (χ3v) is 6.79. The lowest BCUT2D eigenvalue weighted by atomic mass is 10.1. The van der Waals surface area contributed by atoms with Crippen LogP contribution in [0.1, 0.15) is 15.9 Å². The molecule has 3 aromatic carbocycles. The van der Waals surface area contributed by atoms with Crippen molar-refractivity contribution in [2.45, 2.75) is 6.54 Å². The molecule has 11 heteroatoms. The van der Waals surface area contributed by atoms with E-state index in [0.29, 0.717) is 59.4 Å². The summed E-state index contributed by atoms with van der Waals surface area (Å²) in [5.41, 5.74) is 0.144. The van der Waals surface area contributed by atoms with Gasteiger partial charge in [-0.15, -0.1) is 0 Å². The summed E-state index contributed by atoms with van der Waals surface area (Å²) in [4.78, 5) is 43.8.